The van der Waals surface area contributed by atoms with Crippen molar-refractivity contribution in [3.8, 4) is 0 Å². The highest BCUT2D eigenvalue weighted by molar-refractivity contribution is 5.79. The predicted octanol–water partition coefficient (Wildman–Crippen LogP) is 3.75. The number of aliphatic imine (C=N–C) groups is 1. The number of hydroxylamine groups is 2. The molecule has 0 amide bonds. The molecule has 0 aromatic heterocycles. The molecular weight excluding hydrogens is 326 g/mol. The van der Waals surface area contributed by atoms with Crippen LogP contribution in [-0.2, 0) is 28.1 Å². The molecule has 1 aromatic rings. The summed E-state index contributed by atoms with van der Waals surface area (Å²) < 4.78 is 5.66. The van der Waals surface area contributed by atoms with Gasteiger partial charge in [0, 0.05) is 25.6 Å². The van der Waals surface area contributed by atoms with E-state index in [1.807, 2.05) is 14.2 Å². The molecular formula is C21H33N3O2. The minimum Gasteiger partial charge on any atom is -0.381 e. The number of benzene rings is 1. The second-order valence-corrected chi connectivity index (χ2v) is 7.62. The van der Waals surface area contributed by atoms with E-state index in [-0.39, 0.29) is 5.92 Å². The van der Waals surface area contributed by atoms with Crippen molar-refractivity contribution in [2.24, 2.45) is 16.6 Å². The average molecular weight is 360 g/mol. The molecule has 0 saturated heterocycles. The van der Waals surface area contributed by atoms with Gasteiger partial charge in [0.05, 0.1) is 6.10 Å². The molecule has 5 heteroatoms. The average Bonchev–Trinajstić information content (AvgIpc) is 3.09. The van der Waals surface area contributed by atoms with Crippen LogP contribution < -0.4 is 5.73 Å². The van der Waals surface area contributed by atoms with Crippen molar-refractivity contribution in [3.63, 3.8) is 0 Å². The smallest absolute Gasteiger partial charge is 0.218 e. The van der Waals surface area contributed by atoms with Gasteiger partial charge in [-0.05, 0) is 43.2 Å². The van der Waals surface area contributed by atoms with Crippen LogP contribution in [0, 0.1) is 5.92 Å². The first-order valence-corrected chi connectivity index (χ1v) is 9.97. The van der Waals surface area contributed by atoms with Crippen LogP contribution in [0.25, 0.3) is 0 Å². The lowest BCUT2D eigenvalue weighted by Crippen LogP contribution is -2.35. The van der Waals surface area contributed by atoms with Crippen molar-refractivity contribution < 1.29 is 9.57 Å². The van der Waals surface area contributed by atoms with Gasteiger partial charge in [-0.15, -0.1) is 0 Å². The van der Waals surface area contributed by atoms with Crippen LogP contribution in [0.5, 0.6) is 0 Å². The first-order valence-electron chi connectivity index (χ1n) is 9.97. The standard InChI is InChI=1S/C21H33N3O2/c1-5-7-15-9-10-16-14-17(11-12-18(25-4)8-6-2)21(19(16)13-15)23-20(22)24(3)26-21/h9-10,13,17-18H,5-8,11-12,14H2,1-4H3,(H2,22,23)/t17-,18-,21?/m0/s1. The van der Waals surface area contributed by atoms with Gasteiger partial charge in [-0.2, -0.15) is 0 Å². The van der Waals surface area contributed by atoms with E-state index in [4.69, 9.17) is 20.3 Å². The number of rotatable bonds is 8. The van der Waals surface area contributed by atoms with Crippen molar-refractivity contribution in [3.05, 3.63) is 34.9 Å². The third kappa shape index (κ3) is 3.47. The van der Waals surface area contributed by atoms with Gasteiger partial charge >= 0.3 is 0 Å². The third-order valence-corrected chi connectivity index (χ3v) is 5.78. The lowest BCUT2D eigenvalue weighted by Gasteiger charge is -2.30. The van der Waals surface area contributed by atoms with Crippen LogP contribution in [0.15, 0.2) is 23.2 Å². The Morgan fingerprint density at radius 2 is 2.15 bits per heavy atom. The van der Waals surface area contributed by atoms with E-state index in [9.17, 15) is 0 Å². The third-order valence-electron chi connectivity index (χ3n) is 5.78. The summed E-state index contributed by atoms with van der Waals surface area (Å²) in [6, 6.07) is 6.79. The van der Waals surface area contributed by atoms with Gasteiger partial charge < -0.3 is 10.5 Å². The molecule has 3 atom stereocenters. The Bertz CT molecular complexity index is 661. The van der Waals surface area contributed by atoms with E-state index in [2.05, 4.69) is 32.0 Å². The summed E-state index contributed by atoms with van der Waals surface area (Å²) in [5.74, 6) is 0.743. The minimum atomic E-state index is -0.664. The maximum atomic E-state index is 6.28. The molecule has 0 fully saturated rings. The summed E-state index contributed by atoms with van der Waals surface area (Å²) in [6.45, 7) is 4.41. The Balaban J connectivity index is 1.88. The summed E-state index contributed by atoms with van der Waals surface area (Å²) in [4.78, 5) is 11.1. The quantitative estimate of drug-likeness (QED) is 0.768. The van der Waals surface area contributed by atoms with E-state index in [0.717, 1.165) is 44.9 Å². The lowest BCUT2D eigenvalue weighted by molar-refractivity contribution is -0.194. The van der Waals surface area contributed by atoms with Gasteiger partial charge in [0.2, 0.25) is 11.7 Å². The Labute approximate surface area is 157 Å². The van der Waals surface area contributed by atoms with Crippen molar-refractivity contribution >= 4 is 5.96 Å². The van der Waals surface area contributed by atoms with Crippen LogP contribution in [-0.4, -0.2) is 31.3 Å². The molecule has 1 aromatic carbocycles. The van der Waals surface area contributed by atoms with Crippen LogP contribution in [0.1, 0.15) is 62.6 Å². The summed E-state index contributed by atoms with van der Waals surface area (Å²) >= 11 is 0. The highest BCUT2D eigenvalue weighted by Crippen LogP contribution is 2.50. The Kier molecular flexibility index (Phi) is 5.88. The number of methoxy groups -OCH3 is 1. The number of guanidine groups is 1. The highest BCUT2D eigenvalue weighted by atomic mass is 16.7. The first-order chi connectivity index (χ1) is 12.5. The fraction of sp³-hybridized carbons (Fsp3) is 0.667. The summed E-state index contributed by atoms with van der Waals surface area (Å²) in [5, 5.41) is 1.62. The molecule has 0 saturated carbocycles. The summed E-state index contributed by atoms with van der Waals surface area (Å²) in [5.41, 5.74) is 9.33. The second kappa shape index (κ2) is 7.97. The first kappa shape index (κ1) is 19.2. The SMILES string of the molecule is CCCc1ccc2c(c1)C1(N=C(N)N(C)O1)[C@@H](CC[C@H](CCC)OC)C2. The largest absolute Gasteiger partial charge is 0.381 e. The number of aryl methyl sites for hydroxylation is 1. The fourth-order valence-corrected chi connectivity index (χ4v) is 4.38. The normalized spacial score (nSPS) is 25.6. The molecule has 1 aliphatic heterocycles. The number of nitrogens with zero attached hydrogens (tertiary/aromatic N) is 2. The Hall–Kier alpha value is -1.59. The second-order valence-electron chi connectivity index (χ2n) is 7.62. The van der Waals surface area contributed by atoms with Crippen LogP contribution >= 0.6 is 0 Å². The van der Waals surface area contributed by atoms with Gasteiger partial charge in [0.15, 0.2) is 0 Å². The van der Waals surface area contributed by atoms with E-state index < -0.39 is 5.72 Å². The number of ether oxygens (including phenoxy) is 1. The maximum absolute atomic E-state index is 6.28. The highest BCUT2D eigenvalue weighted by Gasteiger charge is 2.53. The summed E-state index contributed by atoms with van der Waals surface area (Å²) in [7, 11) is 3.65. The molecule has 3 rings (SSSR count). The molecule has 1 heterocycles. The number of hydrogen-bond acceptors (Lipinski definition) is 5. The molecule has 1 aliphatic carbocycles. The fourth-order valence-electron chi connectivity index (χ4n) is 4.38. The van der Waals surface area contributed by atoms with Crippen molar-refractivity contribution in [2.75, 3.05) is 14.2 Å². The number of fused-ring (bicyclic) bond motifs is 2. The van der Waals surface area contributed by atoms with E-state index in [0.29, 0.717) is 12.1 Å². The van der Waals surface area contributed by atoms with Crippen LogP contribution in [0.3, 0.4) is 0 Å². The summed E-state index contributed by atoms with van der Waals surface area (Å²) in [6.07, 6.45) is 7.76. The van der Waals surface area contributed by atoms with E-state index >= 15 is 0 Å². The molecule has 2 aliphatic rings. The molecule has 5 nitrogen and oxygen atoms in total. The molecule has 2 N–H and O–H groups in total. The van der Waals surface area contributed by atoms with Gasteiger partial charge in [0.1, 0.15) is 0 Å². The van der Waals surface area contributed by atoms with Crippen molar-refractivity contribution in [1.82, 2.24) is 5.06 Å². The van der Waals surface area contributed by atoms with Crippen molar-refractivity contribution in [1.29, 1.82) is 0 Å². The molecule has 0 radical (unpaired) electrons. The number of nitrogens with two attached hydrogens (primary N) is 1. The lowest BCUT2D eigenvalue weighted by atomic mass is 9.89. The van der Waals surface area contributed by atoms with Gasteiger partial charge in [-0.1, -0.05) is 44.9 Å². The Morgan fingerprint density at radius 1 is 1.35 bits per heavy atom. The minimum absolute atomic E-state index is 0.285. The van der Waals surface area contributed by atoms with Gasteiger partial charge in [-0.25, -0.2) is 14.9 Å². The number of hydrogen-bond donors (Lipinski definition) is 1. The maximum Gasteiger partial charge on any atom is 0.218 e. The molecule has 26 heavy (non-hydrogen) atoms. The van der Waals surface area contributed by atoms with E-state index in [1.54, 1.807) is 5.06 Å². The zero-order chi connectivity index (χ0) is 18.7. The van der Waals surface area contributed by atoms with E-state index in [1.165, 1.54) is 16.7 Å². The molecule has 1 unspecified atom stereocenters. The Morgan fingerprint density at radius 3 is 2.77 bits per heavy atom. The van der Waals surface area contributed by atoms with Crippen LogP contribution in [0.2, 0.25) is 0 Å². The monoisotopic (exact) mass is 359 g/mol. The molecule has 0 bridgehead atoms. The van der Waals surface area contributed by atoms with Gasteiger partial charge in [-0.3, -0.25) is 0 Å². The van der Waals surface area contributed by atoms with Crippen LogP contribution in [0.4, 0.5) is 0 Å². The molecule has 144 valence electrons. The van der Waals surface area contributed by atoms with Gasteiger partial charge in [0.25, 0.3) is 0 Å². The van der Waals surface area contributed by atoms with Crippen molar-refractivity contribution in [2.45, 2.75) is 70.6 Å². The zero-order valence-corrected chi connectivity index (χ0v) is 16.6. The predicted molar refractivity (Wildman–Crippen MR) is 105 cm³/mol. The topological polar surface area (TPSA) is 60.1 Å². The molecule has 1 spiro atoms. The zero-order valence-electron chi connectivity index (χ0n) is 16.6.